The Labute approximate surface area is 159 Å². The third-order valence-electron chi connectivity index (χ3n) is 5.90. The van der Waals surface area contributed by atoms with E-state index >= 15 is 0 Å². The van der Waals surface area contributed by atoms with E-state index in [0.29, 0.717) is 6.61 Å². The molecule has 2 aliphatic rings. The summed E-state index contributed by atoms with van der Waals surface area (Å²) < 4.78 is 11.1. The summed E-state index contributed by atoms with van der Waals surface area (Å²) in [7, 11) is 0. The zero-order valence-corrected chi connectivity index (χ0v) is 16.8. The van der Waals surface area contributed by atoms with Crippen molar-refractivity contribution in [3.63, 3.8) is 0 Å². The topological polar surface area (TPSA) is 52.6 Å². The zero-order chi connectivity index (χ0) is 18.8. The molecule has 0 radical (unpaired) electrons. The molecular weight excluding hydrogens is 328 g/mol. The Balaban J connectivity index is 1.56. The van der Waals surface area contributed by atoms with Crippen molar-refractivity contribution in [1.82, 2.24) is 0 Å². The second-order valence-corrected chi connectivity index (χ2v) is 8.66. The van der Waals surface area contributed by atoms with Gasteiger partial charge in [-0.15, -0.1) is 0 Å². The molecule has 0 atom stereocenters. The highest BCUT2D eigenvalue weighted by molar-refractivity contribution is 5.75. The predicted molar refractivity (Wildman–Crippen MR) is 103 cm³/mol. The minimum atomic E-state index is -0.0621. The Morgan fingerprint density at radius 2 is 1.42 bits per heavy atom. The molecule has 0 bridgehead atoms. The summed E-state index contributed by atoms with van der Waals surface area (Å²) in [5, 5.41) is 0. The maximum atomic E-state index is 12.3. The van der Waals surface area contributed by atoms with Gasteiger partial charge in [0.15, 0.2) is 0 Å². The second-order valence-electron chi connectivity index (χ2n) is 8.66. The summed E-state index contributed by atoms with van der Waals surface area (Å²) in [4.78, 5) is 24.5. The van der Waals surface area contributed by atoms with Crippen LogP contribution in [0, 0.1) is 17.8 Å². The molecule has 0 aromatic carbocycles. The molecule has 0 aliphatic heterocycles. The highest BCUT2D eigenvalue weighted by Crippen LogP contribution is 2.31. The van der Waals surface area contributed by atoms with Crippen molar-refractivity contribution in [1.29, 1.82) is 0 Å². The van der Waals surface area contributed by atoms with Gasteiger partial charge >= 0.3 is 11.9 Å². The summed E-state index contributed by atoms with van der Waals surface area (Å²) in [6.45, 7) is 5.02. The van der Waals surface area contributed by atoms with Gasteiger partial charge in [0.1, 0.15) is 6.10 Å². The maximum absolute atomic E-state index is 12.3. The highest BCUT2D eigenvalue weighted by atomic mass is 16.5. The number of ether oxygens (including phenoxy) is 2. The quantitative estimate of drug-likeness (QED) is 0.403. The average Bonchev–Trinajstić information content (AvgIpc) is 2.65. The van der Waals surface area contributed by atoms with Gasteiger partial charge in [-0.05, 0) is 63.7 Å². The number of unbranched alkanes of at least 4 members (excludes halogenated alkanes) is 2. The first-order valence-electron chi connectivity index (χ1n) is 10.9. The Morgan fingerprint density at radius 3 is 2.04 bits per heavy atom. The van der Waals surface area contributed by atoms with E-state index in [1.54, 1.807) is 0 Å². The Morgan fingerprint density at radius 1 is 0.808 bits per heavy atom. The Bertz CT molecular complexity index is 418. The lowest BCUT2D eigenvalue weighted by atomic mass is 9.82. The lowest BCUT2D eigenvalue weighted by Crippen LogP contribution is -2.31. The van der Waals surface area contributed by atoms with Crippen molar-refractivity contribution in [3.05, 3.63) is 0 Å². The summed E-state index contributed by atoms with van der Waals surface area (Å²) in [6.07, 6.45) is 13.4. The van der Waals surface area contributed by atoms with Gasteiger partial charge in [0.2, 0.25) is 0 Å². The normalized spacial score (nSPS) is 24.4. The van der Waals surface area contributed by atoms with Crippen molar-refractivity contribution in [2.24, 2.45) is 17.8 Å². The summed E-state index contributed by atoms with van der Waals surface area (Å²) >= 11 is 0. The van der Waals surface area contributed by atoms with Gasteiger partial charge in [0.25, 0.3) is 0 Å². The molecule has 2 saturated carbocycles. The number of carbonyl (C=O) groups is 2. The van der Waals surface area contributed by atoms with Crippen LogP contribution in [0.15, 0.2) is 0 Å². The van der Waals surface area contributed by atoms with Crippen molar-refractivity contribution in [2.45, 2.75) is 103 Å². The van der Waals surface area contributed by atoms with Gasteiger partial charge in [-0.3, -0.25) is 9.59 Å². The molecule has 2 fully saturated rings. The van der Waals surface area contributed by atoms with Crippen molar-refractivity contribution in [3.8, 4) is 0 Å². The molecule has 0 amide bonds. The largest absolute Gasteiger partial charge is 0.465 e. The van der Waals surface area contributed by atoms with E-state index in [-0.39, 0.29) is 29.9 Å². The van der Waals surface area contributed by atoms with E-state index < -0.39 is 0 Å². The van der Waals surface area contributed by atoms with E-state index in [1.807, 2.05) is 0 Å². The van der Waals surface area contributed by atoms with Crippen molar-refractivity contribution >= 4 is 11.9 Å². The van der Waals surface area contributed by atoms with Crippen LogP contribution in [-0.4, -0.2) is 24.6 Å². The molecule has 150 valence electrons. The van der Waals surface area contributed by atoms with Crippen LogP contribution in [0.4, 0.5) is 0 Å². The molecule has 0 unspecified atom stereocenters. The fourth-order valence-electron chi connectivity index (χ4n) is 4.13. The summed E-state index contributed by atoms with van der Waals surface area (Å²) in [6, 6.07) is 0. The van der Waals surface area contributed by atoms with Gasteiger partial charge in [0.05, 0.1) is 18.4 Å². The molecular formula is C22H38O4. The molecule has 0 aromatic heterocycles. The number of rotatable bonds is 9. The number of carbonyl (C=O) groups excluding carboxylic acids is 2. The smallest absolute Gasteiger partial charge is 0.309 e. The molecule has 0 N–H and O–H groups in total. The lowest BCUT2D eigenvalue weighted by molar-refractivity contribution is -0.159. The van der Waals surface area contributed by atoms with Gasteiger partial charge in [-0.1, -0.05) is 39.5 Å². The molecule has 0 heterocycles. The van der Waals surface area contributed by atoms with Crippen LogP contribution in [0.25, 0.3) is 0 Å². The number of hydrogen-bond donors (Lipinski definition) is 0. The van der Waals surface area contributed by atoms with Crippen molar-refractivity contribution < 1.29 is 19.1 Å². The number of hydrogen-bond acceptors (Lipinski definition) is 4. The SMILES string of the molecule is CC(C)CCCCCOC(=O)C1CCC(C(=O)OC2CCCCC2)CC1. The molecule has 26 heavy (non-hydrogen) atoms. The third-order valence-corrected chi connectivity index (χ3v) is 5.90. The molecule has 0 aromatic rings. The predicted octanol–water partition coefficient (Wildman–Crippen LogP) is 5.43. The lowest BCUT2D eigenvalue weighted by Gasteiger charge is -2.28. The Kier molecular flexibility index (Phi) is 9.49. The summed E-state index contributed by atoms with van der Waals surface area (Å²) in [5.74, 6) is 0.612. The average molecular weight is 367 g/mol. The van der Waals surface area contributed by atoms with Gasteiger partial charge in [-0.2, -0.15) is 0 Å². The van der Waals surface area contributed by atoms with Crippen LogP contribution in [-0.2, 0) is 19.1 Å². The van der Waals surface area contributed by atoms with Gasteiger partial charge in [0, 0.05) is 0 Å². The second kappa shape index (κ2) is 11.6. The van der Waals surface area contributed by atoms with Crippen LogP contribution in [0.2, 0.25) is 0 Å². The standard InChI is InChI=1S/C22H38O4/c1-17(2)9-5-4-8-16-25-21(23)18-12-14-19(15-13-18)22(24)26-20-10-6-3-7-11-20/h17-20H,3-16H2,1-2H3. The first-order chi connectivity index (χ1) is 12.6. The van der Waals surface area contributed by atoms with Crippen LogP contribution in [0.3, 0.4) is 0 Å². The molecule has 0 saturated heterocycles. The van der Waals surface area contributed by atoms with Crippen molar-refractivity contribution in [2.75, 3.05) is 6.61 Å². The monoisotopic (exact) mass is 366 g/mol. The van der Waals surface area contributed by atoms with E-state index in [0.717, 1.165) is 57.3 Å². The number of esters is 2. The minimum Gasteiger partial charge on any atom is -0.465 e. The molecule has 2 aliphatic carbocycles. The van der Waals surface area contributed by atoms with Gasteiger partial charge < -0.3 is 9.47 Å². The van der Waals surface area contributed by atoms with Crippen LogP contribution < -0.4 is 0 Å². The fraction of sp³-hybridized carbons (Fsp3) is 0.909. The molecule has 2 rings (SSSR count). The van der Waals surface area contributed by atoms with E-state index in [9.17, 15) is 9.59 Å². The molecule has 4 heteroatoms. The van der Waals surface area contributed by atoms with Gasteiger partial charge in [-0.25, -0.2) is 0 Å². The highest BCUT2D eigenvalue weighted by Gasteiger charge is 2.32. The van der Waals surface area contributed by atoms with E-state index in [1.165, 1.54) is 32.1 Å². The minimum absolute atomic E-state index is 0.0167. The fourth-order valence-corrected chi connectivity index (χ4v) is 4.13. The van der Waals surface area contributed by atoms with E-state index in [4.69, 9.17) is 9.47 Å². The zero-order valence-electron chi connectivity index (χ0n) is 16.8. The van der Waals surface area contributed by atoms with E-state index in [2.05, 4.69) is 13.8 Å². The first kappa shape index (κ1) is 21.2. The third kappa shape index (κ3) is 7.67. The Hall–Kier alpha value is -1.06. The van der Waals surface area contributed by atoms with Crippen LogP contribution in [0.5, 0.6) is 0 Å². The molecule has 4 nitrogen and oxygen atoms in total. The molecule has 0 spiro atoms. The van der Waals surface area contributed by atoms with Crippen LogP contribution >= 0.6 is 0 Å². The summed E-state index contributed by atoms with van der Waals surface area (Å²) in [5.41, 5.74) is 0. The maximum Gasteiger partial charge on any atom is 0.309 e. The van der Waals surface area contributed by atoms with Crippen LogP contribution in [0.1, 0.15) is 97.3 Å². The first-order valence-corrected chi connectivity index (χ1v) is 10.9.